The van der Waals surface area contributed by atoms with Crippen molar-refractivity contribution in [2.45, 2.75) is 50.4 Å². The first-order valence-electron chi connectivity index (χ1n) is 8.78. The van der Waals surface area contributed by atoms with Gasteiger partial charge < -0.3 is 10.6 Å². The van der Waals surface area contributed by atoms with Gasteiger partial charge in [0.05, 0.1) is 0 Å². The van der Waals surface area contributed by atoms with Crippen LogP contribution < -0.4 is 10.6 Å². The van der Waals surface area contributed by atoms with Crippen LogP contribution in [0.3, 0.4) is 0 Å². The number of piperidine rings is 1. The van der Waals surface area contributed by atoms with Crippen molar-refractivity contribution in [1.82, 2.24) is 10.2 Å². The fraction of sp³-hybridized carbons (Fsp3) is 0.421. The third kappa shape index (κ3) is 4.00. The van der Waals surface area contributed by atoms with Gasteiger partial charge in [-0.25, -0.2) is 4.79 Å². The normalized spacial score (nSPS) is 25.7. The summed E-state index contributed by atoms with van der Waals surface area (Å²) < 4.78 is 0. The van der Waals surface area contributed by atoms with Crippen LogP contribution in [0.25, 0.3) is 0 Å². The van der Waals surface area contributed by atoms with E-state index < -0.39 is 0 Å². The number of carbonyl (C=O) groups excluding carboxylic acids is 1. The molecule has 3 atom stereocenters. The van der Waals surface area contributed by atoms with Crippen LogP contribution in [0, 0.1) is 0 Å². The summed E-state index contributed by atoms with van der Waals surface area (Å²) >= 11 is 7.79. The molecule has 132 valence electrons. The van der Waals surface area contributed by atoms with Crippen LogP contribution in [0.15, 0.2) is 41.8 Å². The van der Waals surface area contributed by atoms with Gasteiger partial charge in [0.15, 0.2) is 0 Å². The van der Waals surface area contributed by atoms with E-state index in [1.54, 1.807) is 12.1 Å². The Kier molecular flexibility index (Phi) is 4.97. The van der Waals surface area contributed by atoms with Crippen molar-refractivity contribution in [2.75, 3.05) is 5.32 Å². The Balaban J connectivity index is 1.32. The third-order valence-electron chi connectivity index (χ3n) is 5.22. The first kappa shape index (κ1) is 16.9. The molecule has 0 aliphatic carbocycles. The fourth-order valence-corrected chi connectivity index (χ4v) is 5.05. The second-order valence-electron chi connectivity index (χ2n) is 6.91. The quantitative estimate of drug-likeness (QED) is 0.812. The van der Waals surface area contributed by atoms with Crippen molar-refractivity contribution in [2.24, 2.45) is 0 Å². The van der Waals surface area contributed by atoms with Gasteiger partial charge in [0.1, 0.15) is 0 Å². The molecule has 2 bridgehead atoms. The van der Waals surface area contributed by atoms with Gasteiger partial charge in [-0.05, 0) is 55.3 Å². The summed E-state index contributed by atoms with van der Waals surface area (Å²) in [6, 6.07) is 12.8. The Bertz CT molecular complexity index is 722. The lowest BCUT2D eigenvalue weighted by Gasteiger charge is -2.39. The van der Waals surface area contributed by atoms with E-state index in [1.807, 2.05) is 23.5 Å². The molecule has 1 aromatic carbocycles. The molecule has 4 nitrogen and oxygen atoms in total. The second kappa shape index (κ2) is 7.36. The molecule has 0 spiro atoms. The van der Waals surface area contributed by atoms with Gasteiger partial charge in [-0.15, -0.1) is 11.3 Å². The summed E-state index contributed by atoms with van der Waals surface area (Å²) in [7, 11) is 0. The fourth-order valence-electron chi connectivity index (χ4n) is 4.15. The molecule has 3 heterocycles. The maximum Gasteiger partial charge on any atom is 0.319 e. The van der Waals surface area contributed by atoms with Gasteiger partial charge in [0.2, 0.25) is 0 Å². The highest BCUT2D eigenvalue weighted by Gasteiger charge is 2.41. The van der Waals surface area contributed by atoms with E-state index in [4.69, 9.17) is 11.6 Å². The van der Waals surface area contributed by atoms with E-state index in [0.717, 1.165) is 25.1 Å². The SMILES string of the molecule is O=C(Nc1cccc(Cl)c1)NC1C[C@H]2CC[C@@H](C1)N2Cc1cccs1. The lowest BCUT2D eigenvalue weighted by atomic mass is 9.97. The lowest BCUT2D eigenvalue weighted by molar-refractivity contribution is 0.113. The molecular weight excluding hydrogens is 354 g/mol. The Morgan fingerprint density at radius 1 is 1.20 bits per heavy atom. The summed E-state index contributed by atoms with van der Waals surface area (Å²) in [5.74, 6) is 0. The molecule has 2 saturated heterocycles. The van der Waals surface area contributed by atoms with Gasteiger partial charge in [0.25, 0.3) is 0 Å². The molecule has 4 rings (SSSR count). The van der Waals surface area contributed by atoms with Crippen LogP contribution >= 0.6 is 22.9 Å². The number of nitrogens with one attached hydrogen (secondary N) is 2. The number of hydrogen-bond donors (Lipinski definition) is 2. The predicted octanol–water partition coefficient (Wildman–Crippen LogP) is 4.72. The first-order valence-corrected chi connectivity index (χ1v) is 10.0. The average molecular weight is 376 g/mol. The molecule has 0 radical (unpaired) electrons. The number of amides is 2. The molecule has 2 aromatic rings. The Morgan fingerprint density at radius 3 is 2.68 bits per heavy atom. The van der Waals surface area contributed by atoms with Crippen molar-refractivity contribution in [3.8, 4) is 0 Å². The van der Waals surface area contributed by atoms with Crippen LogP contribution in [-0.4, -0.2) is 29.1 Å². The number of urea groups is 1. The standard InChI is InChI=1S/C19H22ClN3OS/c20-13-3-1-4-14(9-13)21-19(24)22-15-10-16-6-7-17(11-15)23(16)12-18-5-2-8-25-18/h1-5,8-9,15-17H,6-7,10-12H2,(H2,21,22,24)/t15?,16-,17+. The smallest absolute Gasteiger partial charge is 0.319 e. The lowest BCUT2D eigenvalue weighted by Crippen LogP contribution is -2.50. The van der Waals surface area contributed by atoms with E-state index in [0.29, 0.717) is 17.1 Å². The van der Waals surface area contributed by atoms with Gasteiger partial charge in [-0.1, -0.05) is 23.7 Å². The van der Waals surface area contributed by atoms with Crippen LogP contribution in [-0.2, 0) is 6.54 Å². The zero-order chi connectivity index (χ0) is 17.2. The minimum Gasteiger partial charge on any atom is -0.335 e. The summed E-state index contributed by atoms with van der Waals surface area (Å²) in [6.07, 6.45) is 4.55. The molecule has 2 N–H and O–H groups in total. The molecule has 2 fully saturated rings. The maximum absolute atomic E-state index is 12.3. The largest absolute Gasteiger partial charge is 0.335 e. The van der Waals surface area contributed by atoms with Crippen LogP contribution in [0.5, 0.6) is 0 Å². The van der Waals surface area contributed by atoms with Crippen molar-refractivity contribution in [1.29, 1.82) is 0 Å². The number of nitrogens with zero attached hydrogens (tertiary/aromatic N) is 1. The Labute approximate surface area is 157 Å². The Morgan fingerprint density at radius 2 is 2.00 bits per heavy atom. The van der Waals surface area contributed by atoms with E-state index in [1.165, 1.54) is 17.7 Å². The number of hydrogen-bond acceptors (Lipinski definition) is 3. The molecule has 25 heavy (non-hydrogen) atoms. The predicted molar refractivity (Wildman–Crippen MR) is 103 cm³/mol. The van der Waals surface area contributed by atoms with E-state index in [9.17, 15) is 4.79 Å². The van der Waals surface area contributed by atoms with Crippen molar-refractivity contribution >= 4 is 34.7 Å². The van der Waals surface area contributed by atoms with Crippen LogP contribution in [0.1, 0.15) is 30.6 Å². The molecule has 6 heteroatoms. The molecule has 2 aliphatic heterocycles. The van der Waals surface area contributed by atoms with Crippen LogP contribution in [0.4, 0.5) is 10.5 Å². The molecular formula is C19H22ClN3OS. The zero-order valence-corrected chi connectivity index (χ0v) is 15.5. The first-order chi connectivity index (χ1) is 12.2. The van der Waals surface area contributed by atoms with E-state index in [-0.39, 0.29) is 12.1 Å². The number of rotatable bonds is 4. The minimum atomic E-state index is -0.140. The summed E-state index contributed by atoms with van der Waals surface area (Å²) in [5.41, 5.74) is 0.725. The molecule has 2 aliphatic rings. The number of benzene rings is 1. The van der Waals surface area contributed by atoms with E-state index in [2.05, 4.69) is 33.0 Å². The van der Waals surface area contributed by atoms with E-state index >= 15 is 0 Å². The average Bonchev–Trinajstić information content (AvgIpc) is 3.15. The molecule has 1 unspecified atom stereocenters. The van der Waals surface area contributed by atoms with Gasteiger partial charge >= 0.3 is 6.03 Å². The van der Waals surface area contributed by atoms with Gasteiger partial charge in [-0.2, -0.15) is 0 Å². The molecule has 1 aromatic heterocycles. The third-order valence-corrected chi connectivity index (χ3v) is 6.32. The number of carbonyl (C=O) groups is 1. The second-order valence-corrected chi connectivity index (χ2v) is 8.38. The summed E-state index contributed by atoms with van der Waals surface area (Å²) in [4.78, 5) is 16.4. The molecule has 2 amide bonds. The summed E-state index contributed by atoms with van der Waals surface area (Å²) in [5, 5.41) is 8.80. The highest BCUT2D eigenvalue weighted by atomic mass is 35.5. The molecule has 0 saturated carbocycles. The maximum atomic E-state index is 12.3. The van der Waals surface area contributed by atoms with Crippen LogP contribution in [0.2, 0.25) is 5.02 Å². The highest BCUT2D eigenvalue weighted by molar-refractivity contribution is 7.09. The zero-order valence-electron chi connectivity index (χ0n) is 14.0. The summed E-state index contributed by atoms with van der Waals surface area (Å²) in [6.45, 7) is 1.05. The van der Waals surface area contributed by atoms with Crippen molar-refractivity contribution in [3.63, 3.8) is 0 Å². The van der Waals surface area contributed by atoms with Crippen molar-refractivity contribution < 1.29 is 4.79 Å². The Hall–Kier alpha value is -1.56. The van der Waals surface area contributed by atoms with Gasteiger partial charge in [-0.3, -0.25) is 4.90 Å². The minimum absolute atomic E-state index is 0.140. The number of anilines is 1. The number of thiophene rings is 1. The monoisotopic (exact) mass is 375 g/mol. The highest BCUT2D eigenvalue weighted by Crippen LogP contribution is 2.37. The van der Waals surface area contributed by atoms with Gasteiger partial charge in [0, 0.05) is 40.3 Å². The number of fused-ring (bicyclic) bond motifs is 2. The number of halogens is 1. The topological polar surface area (TPSA) is 44.4 Å². The van der Waals surface area contributed by atoms with Crippen molar-refractivity contribution in [3.05, 3.63) is 51.7 Å².